The van der Waals surface area contributed by atoms with E-state index in [0.29, 0.717) is 38.3 Å². The van der Waals surface area contributed by atoms with Gasteiger partial charge in [0.05, 0.1) is 18.8 Å². The third-order valence-corrected chi connectivity index (χ3v) is 5.02. The van der Waals surface area contributed by atoms with Crippen LogP contribution in [0, 0.1) is 0 Å². The van der Waals surface area contributed by atoms with Gasteiger partial charge in [0.15, 0.2) is 6.10 Å². The van der Waals surface area contributed by atoms with E-state index in [1.54, 1.807) is 4.90 Å². The number of hydrogen-bond donors (Lipinski definition) is 1. The number of carboxylic acid groups (broad SMARTS) is 1. The smallest absolute Gasteiger partial charge is 0.410 e. The van der Waals surface area contributed by atoms with Gasteiger partial charge in [-0.15, -0.1) is 0 Å². The fraction of sp³-hybridized carbons (Fsp3) is 0.692. The molecule has 7 nitrogen and oxygen atoms in total. The van der Waals surface area contributed by atoms with Crippen molar-refractivity contribution in [3.63, 3.8) is 0 Å². The lowest BCUT2D eigenvalue weighted by Crippen LogP contribution is -2.35. The first-order valence-corrected chi connectivity index (χ1v) is 12.3. The van der Waals surface area contributed by atoms with Crippen molar-refractivity contribution in [3.05, 3.63) is 29.8 Å². The molecular weight excluding hydrogens is 422 g/mol. The third-order valence-electron chi connectivity index (χ3n) is 5.02. The highest BCUT2D eigenvalue weighted by molar-refractivity contribution is 5.72. The van der Waals surface area contributed by atoms with E-state index in [9.17, 15) is 14.7 Å². The molecule has 33 heavy (non-hydrogen) atoms. The number of aliphatic carboxylic acids is 1. The fourth-order valence-electron chi connectivity index (χ4n) is 3.38. The molecular formula is C26H43NO6. The minimum Gasteiger partial charge on any atom is -0.494 e. The SMILES string of the molecule is CCCCCCCN(CCCOc1ccc(CC(OC(C)C)C(=O)O)cc1)C(=O)OC(C)C. The van der Waals surface area contributed by atoms with Crippen LogP contribution >= 0.6 is 0 Å². The van der Waals surface area contributed by atoms with Crippen LogP contribution in [-0.2, 0) is 20.7 Å². The van der Waals surface area contributed by atoms with Crippen LogP contribution in [0.5, 0.6) is 5.75 Å². The van der Waals surface area contributed by atoms with Crippen LogP contribution in [0.1, 0.15) is 78.7 Å². The van der Waals surface area contributed by atoms with E-state index < -0.39 is 12.1 Å². The van der Waals surface area contributed by atoms with Crippen LogP contribution in [0.4, 0.5) is 4.79 Å². The first-order chi connectivity index (χ1) is 15.7. The quantitative estimate of drug-likeness (QED) is 0.297. The molecule has 1 rings (SSSR count). The molecule has 188 valence electrons. The second-order valence-corrected chi connectivity index (χ2v) is 8.90. The summed E-state index contributed by atoms with van der Waals surface area (Å²) >= 11 is 0. The molecule has 0 aliphatic heterocycles. The number of unbranched alkanes of at least 4 members (excludes halogenated alkanes) is 4. The summed E-state index contributed by atoms with van der Waals surface area (Å²) in [6.07, 6.45) is 5.31. The number of nitrogens with zero attached hydrogens (tertiary/aromatic N) is 1. The molecule has 0 aliphatic rings. The zero-order chi connectivity index (χ0) is 24.6. The topological polar surface area (TPSA) is 85.3 Å². The maximum absolute atomic E-state index is 12.4. The van der Waals surface area contributed by atoms with Crippen molar-refractivity contribution in [2.24, 2.45) is 0 Å². The molecule has 0 saturated carbocycles. The van der Waals surface area contributed by atoms with E-state index in [-0.39, 0.29) is 18.3 Å². The first kappa shape index (κ1) is 28.8. The zero-order valence-electron chi connectivity index (χ0n) is 21.0. The summed E-state index contributed by atoms with van der Waals surface area (Å²) in [5, 5.41) is 9.32. The van der Waals surface area contributed by atoms with Gasteiger partial charge in [-0.1, -0.05) is 44.7 Å². The Morgan fingerprint density at radius 2 is 1.55 bits per heavy atom. The van der Waals surface area contributed by atoms with Gasteiger partial charge in [0.1, 0.15) is 5.75 Å². The minimum atomic E-state index is -0.963. The fourth-order valence-corrected chi connectivity index (χ4v) is 3.38. The van der Waals surface area contributed by atoms with Gasteiger partial charge in [0.2, 0.25) is 0 Å². The van der Waals surface area contributed by atoms with Crippen LogP contribution in [0.2, 0.25) is 0 Å². The van der Waals surface area contributed by atoms with Crippen LogP contribution in [-0.4, -0.2) is 60.1 Å². The van der Waals surface area contributed by atoms with Gasteiger partial charge < -0.3 is 24.2 Å². The molecule has 1 atom stereocenters. The Balaban J connectivity index is 2.48. The summed E-state index contributed by atoms with van der Waals surface area (Å²) in [7, 11) is 0. The van der Waals surface area contributed by atoms with Crippen LogP contribution in [0.3, 0.4) is 0 Å². The van der Waals surface area contributed by atoms with Crippen LogP contribution in [0.15, 0.2) is 24.3 Å². The van der Waals surface area contributed by atoms with Crippen molar-refractivity contribution in [1.29, 1.82) is 0 Å². The first-order valence-electron chi connectivity index (χ1n) is 12.3. The zero-order valence-corrected chi connectivity index (χ0v) is 21.0. The Morgan fingerprint density at radius 1 is 0.909 bits per heavy atom. The van der Waals surface area contributed by atoms with Gasteiger partial charge in [-0.2, -0.15) is 0 Å². The maximum atomic E-state index is 12.4. The van der Waals surface area contributed by atoms with Crippen molar-refractivity contribution in [3.8, 4) is 5.75 Å². The molecule has 0 aliphatic carbocycles. The predicted molar refractivity (Wildman–Crippen MR) is 130 cm³/mol. The van der Waals surface area contributed by atoms with Crippen LogP contribution in [0.25, 0.3) is 0 Å². The summed E-state index contributed by atoms with van der Waals surface area (Å²) in [6, 6.07) is 7.39. The number of amides is 1. The second-order valence-electron chi connectivity index (χ2n) is 8.90. The number of hydrogen-bond acceptors (Lipinski definition) is 5. The van der Waals surface area contributed by atoms with Gasteiger partial charge in [-0.3, -0.25) is 0 Å². The molecule has 0 aromatic heterocycles. The van der Waals surface area contributed by atoms with Gasteiger partial charge in [0, 0.05) is 19.5 Å². The Hall–Kier alpha value is -2.28. The summed E-state index contributed by atoms with van der Waals surface area (Å²) in [4.78, 5) is 25.5. The summed E-state index contributed by atoms with van der Waals surface area (Å²) in [6.45, 7) is 11.3. The Labute approximate surface area is 199 Å². The number of carbonyl (C=O) groups is 2. The van der Waals surface area contributed by atoms with Crippen molar-refractivity contribution >= 4 is 12.1 Å². The molecule has 0 spiro atoms. The molecule has 1 aromatic carbocycles. The summed E-state index contributed by atoms with van der Waals surface area (Å²) < 4.78 is 16.7. The van der Waals surface area contributed by atoms with Crippen LogP contribution < -0.4 is 4.74 Å². The van der Waals surface area contributed by atoms with Crippen molar-refractivity contribution in [2.45, 2.75) is 97.9 Å². The highest BCUT2D eigenvalue weighted by Gasteiger charge is 2.20. The predicted octanol–water partition coefficient (Wildman–Crippen LogP) is 5.69. The molecule has 0 saturated heterocycles. The highest BCUT2D eigenvalue weighted by atomic mass is 16.6. The maximum Gasteiger partial charge on any atom is 0.410 e. The largest absolute Gasteiger partial charge is 0.494 e. The number of rotatable bonds is 17. The third kappa shape index (κ3) is 13.1. The lowest BCUT2D eigenvalue weighted by atomic mass is 10.1. The standard InChI is InChI=1S/C26H43NO6/c1-6-7-8-9-10-16-27(26(30)33-21(4)5)17-11-18-31-23-14-12-22(13-15-23)19-24(25(28)29)32-20(2)3/h12-15,20-21,24H,6-11,16-19H2,1-5H3,(H,28,29). The van der Waals surface area contributed by atoms with Crippen molar-refractivity contribution < 1.29 is 28.9 Å². The lowest BCUT2D eigenvalue weighted by Gasteiger charge is -2.23. The van der Waals surface area contributed by atoms with E-state index in [4.69, 9.17) is 14.2 Å². The van der Waals surface area contributed by atoms with Gasteiger partial charge in [-0.25, -0.2) is 9.59 Å². The molecule has 1 unspecified atom stereocenters. The van der Waals surface area contributed by atoms with Gasteiger partial charge >= 0.3 is 12.1 Å². The number of carbonyl (C=O) groups excluding carboxylic acids is 1. The monoisotopic (exact) mass is 465 g/mol. The van der Waals surface area contributed by atoms with E-state index in [0.717, 1.165) is 18.4 Å². The molecule has 0 heterocycles. The molecule has 7 heteroatoms. The average molecular weight is 466 g/mol. The Morgan fingerprint density at radius 3 is 2.12 bits per heavy atom. The van der Waals surface area contributed by atoms with E-state index in [1.807, 2.05) is 52.0 Å². The molecule has 1 amide bonds. The minimum absolute atomic E-state index is 0.137. The number of ether oxygens (including phenoxy) is 3. The highest BCUT2D eigenvalue weighted by Crippen LogP contribution is 2.16. The molecule has 0 fully saturated rings. The number of carboxylic acids is 1. The van der Waals surface area contributed by atoms with Gasteiger partial charge in [0.25, 0.3) is 0 Å². The lowest BCUT2D eigenvalue weighted by molar-refractivity contribution is -0.153. The molecule has 0 radical (unpaired) electrons. The van der Waals surface area contributed by atoms with Crippen molar-refractivity contribution in [2.75, 3.05) is 19.7 Å². The number of benzene rings is 1. The van der Waals surface area contributed by atoms with E-state index >= 15 is 0 Å². The van der Waals surface area contributed by atoms with E-state index in [1.165, 1.54) is 19.3 Å². The second kappa shape index (κ2) is 16.4. The Bertz CT molecular complexity index is 674. The normalized spacial score (nSPS) is 12.1. The average Bonchev–Trinajstić information content (AvgIpc) is 2.74. The van der Waals surface area contributed by atoms with E-state index in [2.05, 4.69) is 6.92 Å². The molecule has 1 aromatic rings. The Kier molecular flexibility index (Phi) is 14.2. The summed E-state index contributed by atoms with van der Waals surface area (Å²) in [5.74, 6) is -0.249. The molecule has 1 N–H and O–H groups in total. The van der Waals surface area contributed by atoms with Gasteiger partial charge in [-0.05, 0) is 58.2 Å². The molecule has 0 bridgehead atoms. The summed E-state index contributed by atoms with van der Waals surface area (Å²) in [5.41, 5.74) is 0.876. The van der Waals surface area contributed by atoms with Crippen molar-refractivity contribution in [1.82, 2.24) is 4.90 Å².